The van der Waals surface area contributed by atoms with Gasteiger partial charge < -0.3 is 18.9 Å². The van der Waals surface area contributed by atoms with Gasteiger partial charge in [0.25, 0.3) is 0 Å². The first kappa shape index (κ1) is 25.2. The van der Waals surface area contributed by atoms with E-state index in [4.69, 9.17) is 18.9 Å². The zero-order valence-electron chi connectivity index (χ0n) is 18.7. The summed E-state index contributed by atoms with van der Waals surface area (Å²) in [7, 11) is 0. The quantitative estimate of drug-likeness (QED) is 0.481. The van der Waals surface area contributed by atoms with E-state index in [0.29, 0.717) is 55.7 Å². The molecule has 0 saturated heterocycles. The van der Waals surface area contributed by atoms with Crippen molar-refractivity contribution < 1.29 is 18.9 Å². The summed E-state index contributed by atoms with van der Waals surface area (Å²) in [6, 6.07) is 14.9. The molecule has 4 nitrogen and oxygen atoms in total. The lowest BCUT2D eigenvalue weighted by Crippen LogP contribution is -1.98. The first-order chi connectivity index (χ1) is 16.9. The molecule has 6 heteroatoms. The predicted octanol–water partition coefficient (Wildman–Crippen LogP) is 5.09. The van der Waals surface area contributed by atoms with Crippen LogP contribution in [-0.2, 0) is 0 Å². The molecular formula is C28H24O4S2. The van der Waals surface area contributed by atoms with Gasteiger partial charge in [0.2, 0.25) is 0 Å². The van der Waals surface area contributed by atoms with Gasteiger partial charge in [-0.1, -0.05) is 59.4 Å². The van der Waals surface area contributed by atoms with Crippen LogP contribution in [0.25, 0.3) is 0 Å². The van der Waals surface area contributed by atoms with Gasteiger partial charge in [0.15, 0.2) is 0 Å². The van der Waals surface area contributed by atoms with E-state index in [1.54, 1.807) is 17.8 Å². The smallest absolute Gasteiger partial charge is 0.149 e. The monoisotopic (exact) mass is 488 g/mol. The largest absolute Gasteiger partial charge is 0.492 e. The van der Waals surface area contributed by atoms with Crippen LogP contribution >= 0.6 is 23.5 Å². The van der Waals surface area contributed by atoms with Gasteiger partial charge in [0, 0.05) is 30.7 Å². The van der Waals surface area contributed by atoms with E-state index in [0.717, 1.165) is 17.3 Å². The number of hydrogen-bond donors (Lipinski definition) is 0. The Hall–Kier alpha value is -3.42. The lowest BCUT2D eigenvalue weighted by Gasteiger charge is -2.06. The molecule has 1 aliphatic heterocycles. The van der Waals surface area contributed by atoms with Crippen LogP contribution in [0.3, 0.4) is 0 Å². The lowest BCUT2D eigenvalue weighted by atomic mass is 10.3. The van der Waals surface area contributed by atoms with Crippen LogP contribution in [0.4, 0.5) is 0 Å². The number of ether oxygens (including phenoxy) is 4. The number of thioether (sulfide) groups is 2. The van der Waals surface area contributed by atoms with E-state index >= 15 is 0 Å². The van der Waals surface area contributed by atoms with Crippen LogP contribution in [0.2, 0.25) is 0 Å². The minimum absolute atomic E-state index is 0.316. The minimum Gasteiger partial charge on any atom is -0.492 e. The van der Waals surface area contributed by atoms with Crippen molar-refractivity contribution in [3.05, 3.63) is 48.5 Å². The van der Waals surface area contributed by atoms with Crippen molar-refractivity contribution >= 4 is 23.5 Å². The molecule has 0 aliphatic carbocycles. The second-order valence-corrected chi connectivity index (χ2v) is 8.47. The highest BCUT2D eigenvalue weighted by Crippen LogP contribution is 2.20. The zero-order valence-corrected chi connectivity index (χ0v) is 20.4. The molecule has 1 heterocycles. The summed E-state index contributed by atoms with van der Waals surface area (Å²) in [6.07, 6.45) is 4.07. The van der Waals surface area contributed by atoms with E-state index in [2.05, 4.69) is 46.9 Å². The number of fused-ring (bicyclic) bond motifs is 4. The molecule has 0 saturated carbocycles. The minimum atomic E-state index is 0.316. The summed E-state index contributed by atoms with van der Waals surface area (Å²) in [6.45, 7) is 1.17. The third-order valence-electron chi connectivity index (χ3n) is 4.04. The maximum atomic E-state index is 5.75. The van der Waals surface area contributed by atoms with Gasteiger partial charge in [0.05, 0.1) is 18.1 Å². The lowest BCUT2D eigenvalue weighted by molar-refractivity contribution is 0.321. The summed E-state index contributed by atoms with van der Waals surface area (Å²) in [4.78, 5) is 0. The Morgan fingerprint density at radius 1 is 0.647 bits per heavy atom. The molecule has 4 bridgehead atoms. The summed E-state index contributed by atoms with van der Waals surface area (Å²) in [5.74, 6) is 23.3. The molecule has 2 aromatic rings. The van der Waals surface area contributed by atoms with Crippen molar-refractivity contribution in [2.24, 2.45) is 0 Å². The Morgan fingerprint density at radius 2 is 1.29 bits per heavy atom. The van der Waals surface area contributed by atoms with Crippen LogP contribution < -0.4 is 18.9 Å². The van der Waals surface area contributed by atoms with Gasteiger partial charge in [-0.15, -0.1) is 11.8 Å². The van der Waals surface area contributed by atoms with Crippen molar-refractivity contribution in [3.8, 4) is 69.9 Å². The van der Waals surface area contributed by atoms with E-state index in [1.807, 2.05) is 42.5 Å². The van der Waals surface area contributed by atoms with Crippen LogP contribution in [0.5, 0.6) is 23.0 Å². The van der Waals surface area contributed by atoms with Crippen LogP contribution in [0, 0.1) is 46.9 Å². The SMILES string of the molecule is C1#CSCCC#COc2cccc(c2)OCC#CCSCC#CCOc2cccc(c2)OCC1. The van der Waals surface area contributed by atoms with Crippen molar-refractivity contribution in [1.82, 2.24) is 0 Å². The highest BCUT2D eigenvalue weighted by atomic mass is 32.2. The summed E-state index contributed by atoms with van der Waals surface area (Å²) >= 11 is 3.19. The molecule has 2 aromatic carbocycles. The van der Waals surface area contributed by atoms with Crippen LogP contribution in [0.1, 0.15) is 12.8 Å². The van der Waals surface area contributed by atoms with Gasteiger partial charge in [-0.2, -0.15) is 0 Å². The molecule has 0 spiro atoms. The Labute approximate surface area is 210 Å². The average molecular weight is 489 g/mol. The fraction of sp³-hybridized carbons (Fsp3) is 0.286. The molecule has 172 valence electrons. The summed E-state index contributed by atoms with van der Waals surface area (Å²) < 4.78 is 22.6. The van der Waals surface area contributed by atoms with Crippen molar-refractivity contribution in [2.75, 3.05) is 37.1 Å². The Balaban J connectivity index is 1.54. The van der Waals surface area contributed by atoms with Gasteiger partial charge in [0.1, 0.15) is 42.3 Å². The molecule has 34 heavy (non-hydrogen) atoms. The normalized spacial score (nSPS) is 14.8. The molecule has 3 rings (SSSR count). The molecule has 0 atom stereocenters. The van der Waals surface area contributed by atoms with Crippen LogP contribution in [0.15, 0.2) is 48.5 Å². The Morgan fingerprint density at radius 3 is 2.03 bits per heavy atom. The van der Waals surface area contributed by atoms with Crippen molar-refractivity contribution in [3.63, 3.8) is 0 Å². The topological polar surface area (TPSA) is 36.9 Å². The molecule has 0 fully saturated rings. The van der Waals surface area contributed by atoms with Crippen LogP contribution in [-0.4, -0.2) is 37.1 Å². The molecule has 0 amide bonds. The molecule has 0 radical (unpaired) electrons. The van der Waals surface area contributed by atoms with Gasteiger partial charge in [-0.25, -0.2) is 0 Å². The zero-order chi connectivity index (χ0) is 23.5. The van der Waals surface area contributed by atoms with Crippen molar-refractivity contribution in [2.45, 2.75) is 12.8 Å². The maximum absolute atomic E-state index is 5.75. The molecule has 0 unspecified atom stereocenters. The van der Waals surface area contributed by atoms with E-state index in [9.17, 15) is 0 Å². The molecule has 0 aromatic heterocycles. The fourth-order valence-corrected chi connectivity index (χ4v) is 3.52. The number of rotatable bonds is 0. The fourth-order valence-electron chi connectivity index (χ4n) is 2.50. The number of hydrogen-bond acceptors (Lipinski definition) is 6. The van der Waals surface area contributed by atoms with E-state index in [1.165, 1.54) is 11.8 Å². The Kier molecular flexibility index (Phi) is 12.0. The second-order valence-electron chi connectivity index (χ2n) is 6.58. The molecular weight excluding hydrogens is 464 g/mol. The standard InChI is InChI=1S/C28H24O4S2/c1-5-19-33-20-6-2-16-31-27-13-10-14-28(24-27)32-18-4-8-22-34-21-7-3-17-30-26-12-9-11-25(23-26)29-15-1/h9-14,23-24H,1,6,15,17-18,20-22H2. The number of benzene rings is 2. The first-order valence-electron chi connectivity index (χ1n) is 10.7. The van der Waals surface area contributed by atoms with E-state index in [-0.39, 0.29) is 0 Å². The third-order valence-corrected chi connectivity index (χ3v) is 5.44. The van der Waals surface area contributed by atoms with E-state index < -0.39 is 0 Å². The summed E-state index contributed by atoms with van der Waals surface area (Å²) in [5, 5.41) is 3.08. The Bertz CT molecular complexity index is 1160. The van der Waals surface area contributed by atoms with Gasteiger partial charge in [-0.3, -0.25) is 0 Å². The highest BCUT2D eigenvalue weighted by molar-refractivity contribution is 8.03. The predicted molar refractivity (Wildman–Crippen MR) is 140 cm³/mol. The van der Waals surface area contributed by atoms with Gasteiger partial charge in [-0.05, 0) is 29.5 Å². The highest BCUT2D eigenvalue weighted by Gasteiger charge is 1.98. The molecule has 1 aliphatic rings. The second kappa shape index (κ2) is 16.2. The maximum Gasteiger partial charge on any atom is 0.149 e. The third kappa shape index (κ3) is 10.9. The summed E-state index contributed by atoms with van der Waals surface area (Å²) in [5.41, 5.74) is 0. The van der Waals surface area contributed by atoms with Gasteiger partial charge >= 0.3 is 0 Å². The van der Waals surface area contributed by atoms with Crippen molar-refractivity contribution in [1.29, 1.82) is 0 Å². The average Bonchev–Trinajstić information content (AvgIpc) is 2.86. The first-order valence-corrected chi connectivity index (χ1v) is 12.9. The molecule has 0 N–H and O–H groups in total.